The van der Waals surface area contributed by atoms with Crippen molar-refractivity contribution >= 4 is 23.6 Å². The lowest BCUT2D eigenvalue weighted by Crippen LogP contribution is -2.10. The first-order valence-corrected chi connectivity index (χ1v) is 24.0. The maximum atomic E-state index is 12.4. The monoisotopic (exact) mass is 778 g/mol. The molecule has 0 aliphatic rings. The van der Waals surface area contributed by atoms with Crippen LogP contribution in [0.1, 0.15) is 259 Å². The molecular formula is C48H91NO6. The van der Waals surface area contributed by atoms with E-state index in [4.69, 9.17) is 14.3 Å². The molecule has 7 heteroatoms. The molecule has 0 saturated carbocycles. The fraction of sp³-hybridized carbons (Fsp3) is 0.917. The van der Waals surface area contributed by atoms with Crippen LogP contribution in [0.5, 0.6) is 0 Å². The summed E-state index contributed by atoms with van der Waals surface area (Å²) < 4.78 is 11.2. The maximum absolute atomic E-state index is 12.4. The molecule has 0 spiro atoms. The zero-order chi connectivity index (χ0) is 40.5. The fourth-order valence-corrected chi connectivity index (χ4v) is 7.38. The molecular weight excluding hydrogens is 687 g/mol. The smallest absolute Gasteiger partial charge is 0.335 e. The van der Waals surface area contributed by atoms with Crippen molar-refractivity contribution < 1.29 is 28.7 Å². The van der Waals surface area contributed by atoms with Gasteiger partial charge in [0.2, 0.25) is 0 Å². The zero-order valence-corrected chi connectivity index (χ0v) is 37.2. The van der Waals surface area contributed by atoms with Gasteiger partial charge in [0.05, 0.1) is 18.9 Å². The number of hydrogen-bond acceptors (Lipinski definition) is 7. The van der Waals surface area contributed by atoms with Crippen molar-refractivity contribution in [2.75, 3.05) is 13.2 Å². The van der Waals surface area contributed by atoms with Crippen LogP contribution in [0, 0.1) is 11.8 Å². The van der Waals surface area contributed by atoms with Gasteiger partial charge >= 0.3 is 17.9 Å². The van der Waals surface area contributed by atoms with Gasteiger partial charge in [-0.25, -0.2) is 4.79 Å². The molecule has 0 aliphatic heterocycles. The van der Waals surface area contributed by atoms with Gasteiger partial charge in [-0.2, -0.15) is 0 Å². The molecule has 55 heavy (non-hydrogen) atoms. The molecule has 0 aromatic heterocycles. The fourth-order valence-electron chi connectivity index (χ4n) is 7.38. The highest BCUT2D eigenvalue weighted by molar-refractivity contribution is 5.84. The number of carbonyl (C=O) groups is 3. The topological polar surface area (TPSA) is 91.3 Å². The van der Waals surface area contributed by atoms with E-state index in [9.17, 15) is 14.4 Å². The Labute approximate surface area is 341 Å². The van der Waals surface area contributed by atoms with Gasteiger partial charge < -0.3 is 14.3 Å². The largest absolute Gasteiger partial charge is 0.466 e. The van der Waals surface area contributed by atoms with E-state index in [1.807, 2.05) is 0 Å². The highest BCUT2D eigenvalue weighted by atomic mass is 16.7. The third-order valence-corrected chi connectivity index (χ3v) is 11.1. The molecule has 0 radical (unpaired) electrons. The van der Waals surface area contributed by atoms with E-state index in [1.165, 1.54) is 103 Å². The van der Waals surface area contributed by atoms with Crippen LogP contribution in [-0.4, -0.2) is 36.8 Å². The molecule has 0 saturated heterocycles. The Morgan fingerprint density at radius 1 is 0.364 bits per heavy atom. The van der Waals surface area contributed by atoms with Crippen LogP contribution >= 0.6 is 0 Å². The summed E-state index contributed by atoms with van der Waals surface area (Å²) in [6.45, 7) is 12.2. The number of ether oxygens (including phenoxy) is 2. The van der Waals surface area contributed by atoms with Gasteiger partial charge in [0, 0.05) is 19.3 Å². The van der Waals surface area contributed by atoms with E-state index >= 15 is 0 Å². The second-order valence-electron chi connectivity index (χ2n) is 16.5. The van der Waals surface area contributed by atoms with Crippen LogP contribution in [0.2, 0.25) is 0 Å². The highest BCUT2D eigenvalue weighted by Crippen LogP contribution is 2.23. The minimum atomic E-state index is -0.245. The molecule has 0 rings (SSSR count). The van der Waals surface area contributed by atoms with Crippen LogP contribution in [-0.2, 0) is 28.7 Å². The Kier molecular flexibility index (Phi) is 40.3. The maximum Gasteiger partial charge on any atom is 0.335 e. The second-order valence-corrected chi connectivity index (χ2v) is 16.5. The minimum absolute atomic E-state index is 0.0465. The Hall–Kier alpha value is -1.92. The van der Waals surface area contributed by atoms with Crippen molar-refractivity contribution in [3.05, 3.63) is 0 Å². The van der Waals surface area contributed by atoms with Crippen LogP contribution in [0.15, 0.2) is 5.16 Å². The number of nitrogens with zero attached hydrogens (tertiary/aromatic N) is 1. The van der Waals surface area contributed by atoms with E-state index in [-0.39, 0.29) is 17.9 Å². The van der Waals surface area contributed by atoms with Gasteiger partial charge in [-0.3, -0.25) is 9.59 Å². The van der Waals surface area contributed by atoms with Crippen molar-refractivity contribution in [3.63, 3.8) is 0 Å². The van der Waals surface area contributed by atoms with Crippen LogP contribution in [0.4, 0.5) is 0 Å². The minimum Gasteiger partial charge on any atom is -0.466 e. The van der Waals surface area contributed by atoms with Crippen molar-refractivity contribution in [3.8, 4) is 0 Å². The van der Waals surface area contributed by atoms with Gasteiger partial charge in [0.15, 0.2) is 0 Å². The lowest BCUT2D eigenvalue weighted by atomic mass is 9.92. The molecule has 0 atom stereocenters. The molecule has 0 fully saturated rings. The molecule has 7 nitrogen and oxygen atoms in total. The van der Waals surface area contributed by atoms with Gasteiger partial charge in [-0.15, -0.1) is 0 Å². The van der Waals surface area contributed by atoms with E-state index in [0.717, 1.165) is 108 Å². The van der Waals surface area contributed by atoms with E-state index in [1.54, 1.807) is 0 Å². The third-order valence-electron chi connectivity index (χ3n) is 11.1. The van der Waals surface area contributed by atoms with Gasteiger partial charge in [-0.1, -0.05) is 187 Å². The summed E-state index contributed by atoms with van der Waals surface area (Å²) in [6, 6.07) is 0. The summed E-state index contributed by atoms with van der Waals surface area (Å²) in [6.07, 6.45) is 37.4. The van der Waals surface area contributed by atoms with E-state index in [0.29, 0.717) is 44.3 Å². The first-order chi connectivity index (χ1) is 26.9. The molecule has 0 N–H and O–H groups in total. The summed E-state index contributed by atoms with van der Waals surface area (Å²) in [5.74, 6) is 1.04. The Balaban J connectivity index is 4.32. The number of unbranched alkanes of at least 4 members (excludes halogenated alkanes) is 17. The Morgan fingerprint density at radius 3 is 1.05 bits per heavy atom. The summed E-state index contributed by atoms with van der Waals surface area (Å²) in [4.78, 5) is 42.1. The summed E-state index contributed by atoms with van der Waals surface area (Å²) in [5, 5.41) is 4.30. The average Bonchev–Trinajstić information content (AvgIpc) is 3.17. The van der Waals surface area contributed by atoms with Crippen LogP contribution in [0.3, 0.4) is 0 Å². The normalized spacial score (nSPS) is 11.3. The number of rotatable bonds is 42. The molecule has 324 valence electrons. The molecule has 0 aliphatic carbocycles. The van der Waals surface area contributed by atoms with E-state index in [2.05, 4.69) is 39.8 Å². The van der Waals surface area contributed by atoms with Crippen molar-refractivity contribution in [1.82, 2.24) is 0 Å². The molecule has 0 aromatic carbocycles. The summed E-state index contributed by atoms with van der Waals surface area (Å²) >= 11 is 0. The predicted molar refractivity (Wildman–Crippen MR) is 232 cm³/mol. The first-order valence-electron chi connectivity index (χ1n) is 24.0. The van der Waals surface area contributed by atoms with Gasteiger partial charge in [-0.05, 0) is 69.6 Å². The van der Waals surface area contributed by atoms with E-state index < -0.39 is 0 Å². The van der Waals surface area contributed by atoms with Crippen molar-refractivity contribution in [1.29, 1.82) is 0 Å². The van der Waals surface area contributed by atoms with Gasteiger partial charge in [0.25, 0.3) is 0 Å². The molecule has 0 heterocycles. The summed E-state index contributed by atoms with van der Waals surface area (Å²) in [7, 11) is 0. The number of oxime groups is 1. The third kappa shape index (κ3) is 37.4. The number of esters is 2. The molecule has 0 unspecified atom stereocenters. The molecule has 0 amide bonds. The zero-order valence-electron chi connectivity index (χ0n) is 37.2. The molecule has 0 aromatic rings. The number of hydrogen-bond donors (Lipinski definition) is 0. The van der Waals surface area contributed by atoms with Crippen LogP contribution in [0.25, 0.3) is 0 Å². The Bertz CT molecular complexity index is 827. The van der Waals surface area contributed by atoms with Gasteiger partial charge in [0.1, 0.15) is 0 Å². The quantitative estimate of drug-likeness (QED) is 0.0201. The SMILES string of the molecule is CCCCCC(CCCCC)CCOC(=O)CCCCCCCC(CCCCCCCC(=O)OCCC(CCCCC)CCCCC)=NOC(=O)CCCC. The number of carbonyl (C=O) groups excluding carboxylic acids is 3. The van der Waals surface area contributed by atoms with Crippen LogP contribution < -0.4 is 0 Å². The highest BCUT2D eigenvalue weighted by Gasteiger charge is 2.13. The first kappa shape index (κ1) is 53.1. The average molecular weight is 778 g/mol. The second kappa shape index (κ2) is 41.7. The predicted octanol–water partition coefficient (Wildman–Crippen LogP) is 15.0. The lowest BCUT2D eigenvalue weighted by Gasteiger charge is -2.16. The molecule has 0 bridgehead atoms. The standard InChI is InChI=1S/C48H91NO6/c1-6-11-22-30-43(31-23-12-7-2)39-41-53-46(50)37-28-20-16-18-26-34-45(49-55-48(52)36-15-10-5)35-27-19-17-21-29-38-47(51)54-42-40-44(32-24-13-8-3)33-25-14-9-4/h43-44H,6-42H2,1-5H3. The Morgan fingerprint density at radius 2 is 0.691 bits per heavy atom. The lowest BCUT2D eigenvalue weighted by molar-refractivity contribution is -0.145. The van der Waals surface area contributed by atoms with Crippen molar-refractivity contribution in [2.24, 2.45) is 17.0 Å². The van der Waals surface area contributed by atoms with Crippen molar-refractivity contribution in [2.45, 2.75) is 259 Å². The summed E-state index contributed by atoms with van der Waals surface area (Å²) in [5.41, 5.74) is 0.974.